The lowest BCUT2D eigenvalue weighted by molar-refractivity contribution is -0.128. The maximum Gasteiger partial charge on any atom is 0.350 e. The number of hydrogen-bond acceptors (Lipinski definition) is 6. The SMILES string of the molecule is C=CC(=O)N1C[C@H](C)N(c2nc(=O)n3c4c(c(-c5ccc(F)cc5F)c(Cl)cc24)OC[C@@H]3CO[C@@H](CC)CCC)C[C@H]1C. The molecule has 1 saturated heterocycles. The van der Waals surface area contributed by atoms with Gasteiger partial charge in [-0.15, -0.1) is 0 Å². The molecule has 2 aromatic carbocycles. The average Bonchev–Trinajstić information content (AvgIpc) is 2.98. The quantitative estimate of drug-likeness (QED) is 0.270. The van der Waals surface area contributed by atoms with Crippen LogP contribution in [0.3, 0.4) is 0 Å². The van der Waals surface area contributed by atoms with Crippen LogP contribution in [0.4, 0.5) is 14.6 Å². The van der Waals surface area contributed by atoms with Gasteiger partial charge in [0, 0.05) is 47.8 Å². The Morgan fingerprint density at radius 2 is 2.00 bits per heavy atom. The average molecular weight is 615 g/mol. The molecular formula is C32H37ClF2N4O4. The second kappa shape index (κ2) is 12.6. The molecule has 0 bridgehead atoms. The van der Waals surface area contributed by atoms with Gasteiger partial charge in [0.1, 0.15) is 24.1 Å². The summed E-state index contributed by atoms with van der Waals surface area (Å²) in [5.41, 5.74) is 0.215. The van der Waals surface area contributed by atoms with Crippen LogP contribution < -0.4 is 15.3 Å². The van der Waals surface area contributed by atoms with E-state index in [1.54, 1.807) is 15.5 Å². The highest BCUT2D eigenvalue weighted by Gasteiger charge is 2.36. The third kappa shape index (κ3) is 5.74. The number of piperazine rings is 1. The maximum atomic E-state index is 15.1. The van der Waals surface area contributed by atoms with E-state index in [4.69, 9.17) is 21.1 Å². The Morgan fingerprint density at radius 3 is 2.67 bits per heavy atom. The summed E-state index contributed by atoms with van der Waals surface area (Å²) in [7, 11) is 0. The highest BCUT2D eigenvalue weighted by Crippen LogP contribution is 2.47. The van der Waals surface area contributed by atoms with Gasteiger partial charge >= 0.3 is 5.69 Å². The smallest absolute Gasteiger partial charge is 0.350 e. The van der Waals surface area contributed by atoms with Crippen LogP contribution in [0.1, 0.15) is 53.0 Å². The summed E-state index contributed by atoms with van der Waals surface area (Å²) in [5, 5.41) is 0.727. The van der Waals surface area contributed by atoms with Crippen LogP contribution in [-0.4, -0.2) is 64.8 Å². The highest BCUT2D eigenvalue weighted by molar-refractivity contribution is 6.35. The molecule has 2 aliphatic heterocycles. The number of carbonyl (C=O) groups excluding carboxylic acids is 1. The number of carbonyl (C=O) groups is 1. The number of amides is 1. The van der Waals surface area contributed by atoms with Gasteiger partial charge in [-0.25, -0.2) is 13.6 Å². The lowest BCUT2D eigenvalue weighted by Crippen LogP contribution is -2.58. The third-order valence-corrected chi connectivity index (χ3v) is 8.69. The van der Waals surface area contributed by atoms with Crippen molar-refractivity contribution in [3.8, 4) is 16.9 Å². The summed E-state index contributed by atoms with van der Waals surface area (Å²) >= 11 is 6.84. The van der Waals surface area contributed by atoms with Crippen LogP contribution in [0.25, 0.3) is 22.0 Å². The molecule has 5 rings (SSSR count). The molecule has 2 aliphatic rings. The van der Waals surface area contributed by atoms with Gasteiger partial charge in [0.2, 0.25) is 5.91 Å². The molecule has 1 aromatic heterocycles. The maximum absolute atomic E-state index is 15.1. The molecule has 0 saturated carbocycles. The first kappa shape index (κ1) is 30.9. The zero-order valence-electron chi connectivity index (χ0n) is 24.9. The Kier molecular flexibility index (Phi) is 9.08. The molecule has 3 aromatic rings. The third-order valence-electron chi connectivity index (χ3n) is 8.39. The van der Waals surface area contributed by atoms with Crippen LogP contribution in [0.5, 0.6) is 5.75 Å². The fourth-order valence-corrected chi connectivity index (χ4v) is 6.46. The molecule has 0 N–H and O–H groups in total. The number of anilines is 1. The second-order valence-electron chi connectivity index (χ2n) is 11.3. The first-order chi connectivity index (χ1) is 20.6. The molecule has 4 atom stereocenters. The Balaban J connectivity index is 1.70. The first-order valence-electron chi connectivity index (χ1n) is 14.8. The molecule has 1 amide bonds. The fourth-order valence-electron chi connectivity index (χ4n) is 6.16. The number of hydrogen-bond donors (Lipinski definition) is 0. The zero-order valence-corrected chi connectivity index (χ0v) is 25.7. The Morgan fingerprint density at radius 1 is 1.23 bits per heavy atom. The number of ether oxygens (including phenoxy) is 2. The van der Waals surface area contributed by atoms with Crippen molar-refractivity contribution >= 4 is 34.2 Å². The van der Waals surface area contributed by atoms with Crippen molar-refractivity contribution in [2.75, 3.05) is 31.2 Å². The summed E-state index contributed by atoms with van der Waals surface area (Å²) in [6.07, 6.45) is 4.03. The summed E-state index contributed by atoms with van der Waals surface area (Å²) in [6.45, 7) is 12.8. The Labute approximate surface area is 254 Å². The minimum absolute atomic E-state index is 0.0378. The van der Waals surface area contributed by atoms with Crippen molar-refractivity contribution in [3.05, 3.63) is 64.1 Å². The molecule has 0 radical (unpaired) electrons. The molecule has 0 spiro atoms. The summed E-state index contributed by atoms with van der Waals surface area (Å²) in [6, 6.07) is 4.06. The van der Waals surface area contributed by atoms with Crippen molar-refractivity contribution in [2.45, 2.75) is 71.2 Å². The molecule has 11 heteroatoms. The van der Waals surface area contributed by atoms with Crippen LogP contribution in [0.2, 0.25) is 5.02 Å². The lowest BCUT2D eigenvalue weighted by Gasteiger charge is -2.45. The van der Waals surface area contributed by atoms with Crippen molar-refractivity contribution in [2.24, 2.45) is 0 Å². The van der Waals surface area contributed by atoms with E-state index in [0.29, 0.717) is 29.8 Å². The van der Waals surface area contributed by atoms with E-state index in [9.17, 15) is 14.0 Å². The van der Waals surface area contributed by atoms with E-state index in [1.807, 2.05) is 18.7 Å². The van der Waals surface area contributed by atoms with Crippen molar-refractivity contribution in [1.29, 1.82) is 0 Å². The van der Waals surface area contributed by atoms with Gasteiger partial charge in [-0.3, -0.25) is 9.36 Å². The number of aromatic nitrogens is 2. The van der Waals surface area contributed by atoms with Gasteiger partial charge in [-0.1, -0.05) is 38.4 Å². The van der Waals surface area contributed by atoms with E-state index in [-0.39, 0.29) is 59.2 Å². The number of nitrogens with zero attached hydrogens (tertiary/aromatic N) is 4. The van der Waals surface area contributed by atoms with Crippen LogP contribution in [0.15, 0.2) is 41.7 Å². The fraction of sp³-hybridized carbons (Fsp3) is 0.469. The Hall–Kier alpha value is -3.50. The minimum atomic E-state index is -0.800. The Bertz CT molecular complexity index is 1610. The molecule has 43 heavy (non-hydrogen) atoms. The monoisotopic (exact) mass is 614 g/mol. The molecular weight excluding hydrogens is 578 g/mol. The standard InChI is InChI=1S/C32H37ClF2N4O4/c1-6-9-22(7-2)42-16-21-17-43-30-28(23-11-10-20(34)12-26(23)35)25(33)13-24-29(30)39(21)32(41)36-31(24)38-15-18(4)37(14-19(38)5)27(40)8-3/h8,10-13,18-19,21-22H,3,6-7,9,14-17H2,1-2,4-5H3/t18-,19+,21+,22+/m1/s1. The van der Waals surface area contributed by atoms with Crippen LogP contribution in [-0.2, 0) is 9.53 Å². The normalized spacial score (nSPS) is 20.7. The van der Waals surface area contributed by atoms with Gasteiger partial charge in [0.25, 0.3) is 0 Å². The van der Waals surface area contributed by atoms with E-state index in [2.05, 4.69) is 25.4 Å². The lowest BCUT2D eigenvalue weighted by atomic mass is 9.99. The van der Waals surface area contributed by atoms with Crippen molar-refractivity contribution in [3.63, 3.8) is 0 Å². The molecule has 1 fully saturated rings. The van der Waals surface area contributed by atoms with E-state index < -0.39 is 23.4 Å². The largest absolute Gasteiger partial charge is 0.488 e. The van der Waals surface area contributed by atoms with Crippen LogP contribution >= 0.6 is 11.6 Å². The molecule has 230 valence electrons. The van der Waals surface area contributed by atoms with Crippen molar-refractivity contribution in [1.82, 2.24) is 14.5 Å². The predicted molar refractivity (Wildman–Crippen MR) is 164 cm³/mol. The van der Waals surface area contributed by atoms with Crippen LogP contribution in [0, 0.1) is 11.6 Å². The van der Waals surface area contributed by atoms with Gasteiger partial charge < -0.3 is 19.3 Å². The van der Waals surface area contributed by atoms with Gasteiger partial charge in [-0.2, -0.15) is 4.98 Å². The van der Waals surface area contributed by atoms with Crippen molar-refractivity contribution < 1.29 is 23.0 Å². The van der Waals surface area contributed by atoms with E-state index in [0.717, 1.165) is 31.4 Å². The summed E-state index contributed by atoms with van der Waals surface area (Å²) in [4.78, 5) is 34.7. The second-order valence-corrected chi connectivity index (χ2v) is 11.7. The van der Waals surface area contributed by atoms with Gasteiger partial charge in [0.15, 0.2) is 5.75 Å². The first-order valence-corrected chi connectivity index (χ1v) is 15.1. The predicted octanol–water partition coefficient (Wildman–Crippen LogP) is 6.14. The number of benzene rings is 2. The topological polar surface area (TPSA) is 76.9 Å². The van der Waals surface area contributed by atoms with Gasteiger partial charge in [0.05, 0.1) is 29.3 Å². The molecule has 8 nitrogen and oxygen atoms in total. The number of halogens is 3. The van der Waals surface area contributed by atoms with E-state index in [1.165, 1.54) is 12.1 Å². The number of rotatable bonds is 9. The molecule has 0 aliphatic carbocycles. The van der Waals surface area contributed by atoms with E-state index >= 15 is 4.39 Å². The zero-order chi connectivity index (χ0) is 31.0. The molecule has 0 unspecified atom stereocenters. The summed E-state index contributed by atoms with van der Waals surface area (Å²) < 4.78 is 43.0. The summed E-state index contributed by atoms with van der Waals surface area (Å²) in [5.74, 6) is -1.05. The minimum Gasteiger partial charge on any atom is -0.488 e. The van der Waals surface area contributed by atoms with Gasteiger partial charge in [-0.05, 0) is 51.0 Å². The highest BCUT2D eigenvalue weighted by atomic mass is 35.5. The molecule has 3 heterocycles.